The van der Waals surface area contributed by atoms with E-state index in [0.717, 1.165) is 0 Å². The number of nitro benzene ring substituents is 1. The van der Waals surface area contributed by atoms with Gasteiger partial charge in [-0.1, -0.05) is 0 Å². The summed E-state index contributed by atoms with van der Waals surface area (Å²) in [5.41, 5.74) is 0.285. The van der Waals surface area contributed by atoms with Crippen molar-refractivity contribution in [2.24, 2.45) is 0 Å². The number of benzene rings is 2. The van der Waals surface area contributed by atoms with Gasteiger partial charge in [0.25, 0.3) is 11.6 Å². The number of amides is 1. The first-order valence-corrected chi connectivity index (χ1v) is 9.35. The highest BCUT2D eigenvalue weighted by Gasteiger charge is 2.43. The molecule has 0 aliphatic carbocycles. The van der Waals surface area contributed by atoms with Gasteiger partial charge in [0.2, 0.25) is 0 Å². The van der Waals surface area contributed by atoms with Crippen LogP contribution in [0.5, 0.6) is 11.5 Å². The predicted molar refractivity (Wildman–Crippen MR) is 104 cm³/mol. The molecule has 1 spiro atoms. The molecule has 2 aliphatic rings. The number of methoxy groups -OCH3 is 1. The Hall–Kier alpha value is -3.42. The summed E-state index contributed by atoms with van der Waals surface area (Å²) in [6, 6.07) is 10.8. The number of Topliss-reactive ketones (excluding diaryl/α,β-unsaturated/α-hetero) is 1. The number of ketones is 1. The predicted octanol–water partition coefficient (Wildman–Crippen LogP) is 3.24. The van der Waals surface area contributed by atoms with E-state index in [1.807, 2.05) is 0 Å². The first kappa shape index (κ1) is 18.9. The number of rotatable bonds is 3. The molecule has 8 heteroatoms. The van der Waals surface area contributed by atoms with Gasteiger partial charge in [-0.2, -0.15) is 0 Å². The fourth-order valence-corrected chi connectivity index (χ4v) is 3.91. The number of ether oxygens (including phenoxy) is 2. The molecule has 150 valence electrons. The standard InChI is InChI=1S/C21H20N2O6/c1-28-16-6-7-17-18(24)13-21(29-19(17)12-16)8-10-22(11-9-21)20(25)14-2-4-15(5-3-14)23(26)27/h2-7,12H,8-11,13H2,1H3. The van der Waals surface area contributed by atoms with Crippen molar-refractivity contribution in [3.63, 3.8) is 0 Å². The average molecular weight is 396 g/mol. The van der Waals surface area contributed by atoms with E-state index in [9.17, 15) is 19.7 Å². The number of nitrogens with zero attached hydrogens (tertiary/aromatic N) is 2. The van der Waals surface area contributed by atoms with E-state index in [1.165, 1.54) is 24.3 Å². The van der Waals surface area contributed by atoms with Crippen LogP contribution in [0, 0.1) is 10.1 Å². The second kappa shape index (κ2) is 7.20. The van der Waals surface area contributed by atoms with E-state index in [4.69, 9.17) is 9.47 Å². The van der Waals surface area contributed by atoms with Crippen LogP contribution in [0.2, 0.25) is 0 Å². The fourth-order valence-electron chi connectivity index (χ4n) is 3.91. The number of carbonyl (C=O) groups is 2. The van der Waals surface area contributed by atoms with Crippen LogP contribution >= 0.6 is 0 Å². The van der Waals surface area contributed by atoms with Crippen LogP contribution < -0.4 is 9.47 Å². The molecule has 0 unspecified atom stereocenters. The molecule has 2 aromatic carbocycles. The molecule has 0 N–H and O–H groups in total. The van der Waals surface area contributed by atoms with Gasteiger partial charge >= 0.3 is 0 Å². The summed E-state index contributed by atoms with van der Waals surface area (Å²) in [7, 11) is 1.56. The summed E-state index contributed by atoms with van der Waals surface area (Å²) >= 11 is 0. The molecule has 2 aliphatic heterocycles. The van der Waals surface area contributed by atoms with Crippen molar-refractivity contribution in [3.8, 4) is 11.5 Å². The zero-order valence-electron chi connectivity index (χ0n) is 15.9. The molecular formula is C21H20N2O6. The van der Waals surface area contributed by atoms with E-state index in [2.05, 4.69) is 0 Å². The fraction of sp³-hybridized carbons (Fsp3) is 0.333. The quantitative estimate of drug-likeness (QED) is 0.583. The number of piperidine rings is 1. The van der Waals surface area contributed by atoms with Crippen molar-refractivity contribution in [3.05, 3.63) is 63.7 Å². The summed E-state index contributed by atoms with van der Waals surface area (Å²) in [5.74, 6) is 0.998. The van der Waals surface area contributed by atoms with Gasteiger partial charge in [0.05, 0.1) is 24.0 Å². The molecule has 0 aromatic heterocycles. The Labute approximate surface area is 167 Å². The summed E-state index contributed by atoms with van der Waals surface area (Å²) < 4.78 is 11.5. The van der Waals surface area contributed by atoms with Gasteiger partial charge in [-0.15, -0.1) is 0 Å². The van der Waals surface area contributed by atoms with Crippen molar-refractivity contribution in [2.45, 2.75) is 24.9 Å². The topological polar surface area (TPSA) is 99.0 Å². The van der Waals surface area contributed by atoms with Crippen LogP contribution in [0.3, 0.4) is 0 Å². The highest BCUT2D eigenvalue weighted by Crippen LogP contribution is 2.41. The Morgan fingerprint density at radius 1 is 1.17 bits per heavy atom. The molecule has 1 amide bonds. The normalized spacial score (nSPS) is 17.4. The molecule has 0 radical (unpaired) electrons. The van der Waals surface area contributed by atoms with E-state index in [0.29, 0.717) is 48.6 Å². The summed E-state index contributed by atoms with van der Waals surface area (Å²) in [6.07, 6.45) is 1.36. The second-order valence-corrected chi connectivity index (χ2v) is 7.34. The third kappa shape index (κ3) is 3.53. The largest absolute Gasteiger partial charge is 0.497 e. The number of likely N-dealkylation sites (tertiary alicyclic amines) is 1. The lowest BCUT2D eigenvalue weighted by molar-refractivity contribution is -0.384. The number of carbonyl (C=O) groups excluding carboxylic acids is 2. The Morgan fingerprint density at radius 2 is 1.86 bits per heavy atom. The van der Waals surface area contributed by atoms with Crippen molar-refractivity contribution in [1.29, 1.82) is 0 Å². The molecule has 2 heterocycles. The summed E-state index contributed by atoms with van der Waals surface area (Å²) in [5, 5.41) is 10.8. The van der Waals surface area contributed by atoms with Crippen molar-refractivity contribution < 1.29 is 24.0 Å². The average Bonchev–Trinajstić information content (AvgIpc) is 2.73. The van der Waals surface area contributed by atoms with Crippen molar-refractivity contribution in [2.75, 3.05) is 20.2 Å². The van der Waals surface area contributed by atoms with Gasteiger partial charge in [-0.05, 0) is 24.3 Å². The van der Waals surface area contributed by atoms with Crippen LogP contribution in [-0.2, 0) is 0 Å². The molecule has 0 saturated carbocycles. The Morgan fingerprint density at radius 3 is 2.48 bits per heavy atom. The van der Waals surface area contributed by atoms with Crippen molar-refractivity contribution >= 4 is 17.4 Å². The van der Waals surface area contributed by atoms with Gasteiger partial charge in [0.15, 0.2) is 5.78 Å². The number of nitro groups is 1. The van der Waals surface area contributed by atoms with Crippen LogP contribution in [0.4, 0.5) is 5.69 Å². The molecule has 0 bridgehead atoms. The number of hydrogen-bond donors (Lipinski definition) is 0. The van der Waals surface area contributed by atoms with E-state index in [1.54, 1.807) is 30.2 Å². The molecule has 1 fully saturated rings. The number of fused-ring (bicyclic) bond motifs is 1. The van der Waals surface area contributed by atoms with Crippen LogP contribution in [0.1, 0.15) is 40.0 Å². The minimum atomic E-state index is -0.622. The highest BCUT2D eigenvalue weighted by molar-refractivity contribution is 6.00. The summed E-state index contributed by atoms with van der Waals surface area (Å²) in [6.45, 7) is 0.894. The van der Waals surface area contributed by atoms with Crippen LogP contribution in [0.15, 0.2) is 42.5 Å². The first-order valence-electron chi connectivity index (χ1n) is 9.35. The molecule has 4 rings (SSSR count). The molecule has 0 atom stereocenters. The van der Waals surface area contributed by atoms with E-state index >= 15 is 0 Å². The number of hydrogen-bond acceptors (Lipinski definition) is 6. The molecule has 1 saturated heterocycles. The van der Waals surface area contributed by atoms with Gasteiger partial charge in [-0.3, -0.25) is 19.7 Å². The molecule has 8 nitrogen and oxygen atoms in total. The lowest BCUT2D eigenvalue weighted by Gasteiger charge is -2.44. The minimum absolute atomic E-state index is 0.0315. The minimum Gasteiger partial charge on any atom is -0.497 e. The molecular weight excluding hydrogens is 376 g/mol. The van der Waals surface area contributed by atoms with Gasteiger partial charge in [0, 0.05) is 49.7 Å². The smallest absolute Gasteiger partial charge is 0.269 e. The van der Waals surface area contributed by atoms with Gasteiger partial charge in [-0.25, -0.2) is 0 Å². The lowest BCUT2D eigenvalue weighted by atomic mass is 9.82. The third-order valence-electron chi connectivity index (χ3n) is 5.59. The zero-order chi connectivity index (χ0) is 20.6. The maximum absolute atomic E-state index is 12.7. The van der Waals surface area contributed by atoms with Gasteiger partial charge < -0.3 is 14.4 Å². The highest BCUT2D eigenvalue weighted by atomic mass is 16.6. The Balaban J connectivity index is 1.46. The maximum Gasteiger partial charge on any atom is 0.269 e. The molecule has 29 heavy (non-hydrogen) atoms. The SMILES string of the molecule is COc1ccc2c(c1)OC1(CCN(C(=O)c3ccc([N+](=O)[O-])cc3)CC1)CC2=O. The third-order valence-corrected chi connectivity index (χ3v) is 5.59. The second-order valence-electron chi connectivity index (χ2n) is 7.34. The van der Waals surface area contributed by atoms with Crippen molar-refractivity contribution in [1.82, 2.24) is 4.90 Å². The maximum atomic E-state index is 12.7. The van der Waals surface area contributed by atoms with Crippen LogP contribution in [-0.4, -0.2) is 47.3 Å². The lowest BCUT2D eigenvalue weighted by Crippen LogP contribution is -2.52. The van der Waals surface area contributed by atoms with E-state index < -0.39 is 10.5 Å². The first-order chi connectivity index (χ1) is 13.9. The van der Waals surface area contributed by atoms with E-state index in [-0.39, 0.29) is 23.8 Å². The summed E-state index contributed by atoms with van der Waals surface area (Å²) in [4.78, 5) is 37.3. The number of non-ortho nitro benzene ring substituents is 1. The monoisotopic (exact) mass is 396 g/mol. The Kier molecular flexibility index (Phi) is 4.70. The zero-order valence-corrected chi connectivity index (χ0v) is 15.9. The Bertz CT molecular complexity index is 977. The van der Waals surface area contributed by atoms with Gasteiger partial charge in [0.1, 0.15) is 17.1 Å². The van der Waals surface area contributed by atoms with Crippen LogP contribution in [0.25, 0.3) is 0 Å². The molecule has 2 aromatic rings.